The van der Waals surface area contributed by atoms with Crippen LogP contribution < -0.4 is 16.0 Å². The summed E-state index contributed by atoms with van der Waals surface area (Å²) >= 11 is 6.67. The number of rotatable bonds is 8. The second-order valence-corrected chi connectivity index (χ2v) is 10.2. The molecule has 0 radical (unpaired) electrons. The number of aromatic nitrogens is 1. The van der Waals surface area contributed by atoms with E-state index < -0.39 is 24.5 Å². The number of alkyl carbamates (subject to hydrolysis) is 1. The molecule has 11 heteroatoms. The average Bonchev–Trinajstić information content (AvgIpc) is 2.91. The van der Waals surface area contributed by atoms with Gasteiger partial charge >= 0.3 is 12.2 Å². The molecule has 0 spiro atoms. The molecule has 39 heavy (non-hydrogen) atoms. The smallest absolute Gasteiger partial charge is 0.413 e. The molecule has 3 N–H and O–H groups in total. The maximum atomic E-state index is 12.7. The van der Waals surface area contributed by atoms with Gasteiger partial charge in [0, 0.05) is 26.7 Å². The van der Waals surface area contributed by atoms with Gasteiger partial charge in [-0.25, -0.2) is 9.59 Å². The van der Waals surface area contributed by atoms with E-state index in [1.807, 2.05) is 36.4 Å². The van der Waals surface area contributed by atoms with E-state index in [9.17, 15) is 14.4 Å². The van der Waals surface area contributed by atoms with Gasteiger partial charge < -0.3 is 14.8 Å². The number of amides is 3. The SMILES string of the molecule is CC(NC(=O)OC(CNC(=O)c1cncc(Br)c1)c1ccc(Br)cc1)OC(=O)Nc1cccc2ccccc12. The summed E-state index contributed by atoms with van der Waals surface area (Å²) in [6, 6.07) is 21.9. The summed E-state index contributed by atoms with van der Waals surface area (Å²) in [6.07, 6.45) is -0.380. The quantitative estimate of drug-likeness (QED) is 0.185. The highest BCUT2D eigenvalue weighted by molar-refractivity contribution is 9.10. The van der Waals surface area contributed by atoms with E-state index in [0.29, 0.717) is 21.3 Å². The lowest BCUT2D eigenvalue weighted by molar-refractivity contribution is 0.0619. The van der Waals surface area contributed by atoms with E-state index >= 15 is 0 Å². The van der Waals surface area contributed by atoms with Crippen molar-refractivity contribution in [2.75, 3.05) is 11.9 Å². The van der Waals surface area contributed by atoms with E-state index in [2.05, 4.69) is 52.8 Å². The average molecular weight is 656 g/mol. The highest BCUT2D eigenvalue weighted by Crippen LogP contribution is 2.23. The third-order valence-electron chi connectivity index (χ3n) is 5.54. The van der Waals surface area contributed by atoms with E-state index in [0.717, 1.165) is 15.2 Å². The van der Waals surface area contributed by atoms with Gasteiger partial charge in [-0.15, -0.1) is 0 Å². The fourth-order valence-corrected chi connectivity index (χ4v) is 4.35. The van der Waals surface area contributed by atoms with Crippen LogP contribution in [-0.4, -0.2) is 35.9 Å². The topological polar surface area (TPSA) is 119 Å². The van der Waals surface area contributed by atoms with Crippen molar-refractivity contribution in [1.29, 1.82) is 0 Å². The Bertz CT molecular complexity index is 1480. The highest BCUT2D eigenvalue weighted by atomic mass is 79.9. The van der Waals surface area contributed by atoms with Crippen molar-refractivity contribution in [2.45, 2.75) is 19.3 Å². The zero-order valence-electron chi connectivity index (χ0n) is 20.7. The largest absolute Gasteiger partial charge is 0.439 e. The molecule has 0 saturated carbocycles. The lowest BCUT2D eigenvalue weighted by Gasteiger charge is -2.21. The molecule has 4 aromatic rings. The summed E-state index contributed by atoms with van der Waals surface area (Å²) in [5.41, 5.74) is 1.59. The van der Waals surface area contributed by atoms with Gasteiger partial charge in [0.15, 0.2) is 6.23 Å². The molecule has 2 unspecified atom stereocenters. The van der Waals surface area contributed by atoms with Crippen molar-refractivity contribution in [2.24, 2.45) is 0 Å². The number of hydrogen-bond donors (Lipinski definition) is 3. The minimum atomic E-state index is -1.000. The van der Waals surface area contributed by atoms with Crippen LogP contribution in [0.5, 0.6) is 0 Å². The Kier molecular flexibility index (Phi) is 9.50. The van der Waals surface area contributed by atoms with Crippen LogP contribution in [0.3, 0.4) is 0 Å². The molecule has 0 fully saturated rings. The zero-order valence-corrected chi connectivity index (χ0v) is 23.9. The second kappa shape index (κ2) is 13.2. The molecule has 3 aromatic carbocycles. The fourth-order valence-electron chi connectivity index (χ4n) is 3.72. The van der Waals surface area contributed by atoms with Crippen LogP contribution in [-0.2, 0) is 9.47 Å². The lowest BCUT2D eigenvalue weighted by Crippen LogP contribution is -2.39. The van der Waals surface area contributed by atoms with Crippen LogP contribution in [0.4, 0.5) is 15.3 Å². The predicted molar refractivity (Wildman–Crippen MR) is 154 cm³/mol. The maximum absolute atomic E-state index is 12.7. The van der Waals surface area contributed by atoms with E-state index in [4.69, 9.17) is 9.47 Å². The summed E-state index contributed by atoms with van der Waals surface area (Å²) < 4.78 is 12.4. The molecule has 0 aliphatic heterocycles. The number of ether oxygens (including phenoxy) is 2. The van der Waals surface area contributed by atoms with Gasteiger partial charge in [-0.1, -0.05) is 64.5 Å². The van der Waals surface area contributed by atoms with E-state index in [1.54, 1.807) is 42.6 Å². The number of anilines is 1. The standard InChI is InChI=1S/C28H24Br2N4O5/c1-17(38-28(37)34-24-8-4-6-18-5-2-3-7-23(18)24)33-27(36)39-25(19-9-11-21(29)12-10-19)16-32-26(35)20-13-22(30)15-31-14-20/h2-15,17,25H,16H2,1H3,(H,32,35)(H,33,36)(H,34,37). The Balaban J connectivity index is 1.35. The first-order valence-electron chi connectivity index (χ1n) is 11.9. The molecule has 0 aliphatic carbocycles. The van der Waals surface area contributed by atoms with Crippen molar-refractivity contribution in [3.8, 4) is 0 Å². The van der Waals surface area contributed by atoms with Crippen molar-refractivity contribution >= 4 is 66.4 Å². The van der Waals surface area contributed by atoms with Crippen molar-refractivity contribution < 1.29 is 23.9 Å². The molecule has 1 aromatic heterocycles. The summed E-state index contributed by atoms with van der Waals surface area (Å²) in [5.74, 6) is -0.378. The van der Waals surface area contributed by atoms with E-state index in [-0.39, 0.29) is 12.5 Å². The number of halogens is 2. The van der Waals surface area contributed by atoms with Gasteiger partial charge in [0.05, 0.1) is 17.8 Å². The van der Waals surface area contributed by atoms with Crippen molar-refractivity contribution in [1.82, 2.24) is 15.6 Å². The van der Waals surface area contributed by atoms with Gasteiger partial charge in [-0.2, -0.15) is 0 Å². The van der Waals surface area contributed by atoms with Crippen molar-refractivity contribution in [3.05, 3.63) is 105 Å². The molecule has 0 aliphatic rings. The number of carbonyl (C=O) groups excluding carboxylic acids is 3. The molecule has 0 bridgehead atoms. The summed E-state index contributed by atoms with van der Waals surface area (Å²) in [7, 11) is 0. The van der Waals surface area contributed by atoms with Gasteiger partial charge in [-0.3, -0.25) is 20.4 Å². The van der Waals surface area contributed by atoms with Crippen LogP contribution in [0.1, 0.15) is 28.9 Å². The molecule has 0 saturated heterocycles. The third-order valence-corrected chi connectivity index (χ3v) is 6.50. The monoisotopic (exact) mass is 654 g/mol. The molecular weight excluding hydrogens is 632 g/mol. The highest BCUT2D eigenvalue weighted by Gasteiger charge is 2.21. The normalized spacial score (nSPS) is 12.2. The number of pyridine rings is 1. The van der Waals surface area contributed by atoms with Crippen LogP contribution in [0.2, 0.25) is 0 Å². The van der Waals surface area contributed by atoms with E-state index in [1.165, 1.54) is 13.1 Å². The number of hydrogen-bond acceptors (Lipinski definition) is 6. The molecule has 9 nitrogen and oxygen atoms in total. The fraction of sp³-hybridized carbons (Fsp3) is 0.143. The minimum absolute atomic E-state index is 0.00277. The maximum Gasteiger partial charge on any atom is 0.413 e. The number of fused-ring (bicyclic) bond motifs is 1. The Morgan fingerprint density at radius 2 is 1.62 bits per heavy atom. The molecule has 200 valence electrons. The summed E-state index contributed by atoms with van der Waals surface area (Å²) in [6.45, 7) is 1.50. The molecule has 2 atom stereocenters. The first-order valence-corrected chi connectivity index (χ1v) is 13.4. The minimum Gasteiger partial charge on any atom is -0.439 e. The third kappa shape index (κ3) is 8.01. The predicted octanol–water partition coefficient (Wildman–Crippen LogP) is 6.55. The Morgan fingerprint density at radius 1 is 0.872 bits per heavy atom. The van der Waals surface area contributed by atoms with Crippen LogP contribution in [0, 0.1) is 0 Å². The van der Waals surface area contributed by atoms with Crippen LogP contribution in [0.25, 0.3) is 10.8 Å². The Morgan fingerprint density at radius 3 is 2.38 bits per heavy atom. The lowest BCUT2D eigenvalue weighted by atomic mass is 10.1. The summed E-state index contributed by atoms with van der Waals surface area (Å²) in [4.78, 5) is 41.8. The Hall–Kier alpha value is -3.96. The number of nitrogens with one attached hydrogen (secondary N) is 3. The number of nitrogens with zero attached hydrogens (tertiary/aromatic N) is 1. The first kappa shape index (κ1) is 28.1. The van der Waals surface area contributed by atoms with Gasteiger partial charge in [0.1, 0.15) is 6.10 Å². The number of benzene rings is 3. The zero-order chi connectivity index (χ0) is 27.8. The van der Waals surface area contributed by atoms with Gasteiger partial charge in [0.25, 0.3) is 5.91 Å². The Labute approximate surface area is 241 Å². The van der Waals surface area contributed by atoms with Gasteiger partial charge in [-0.05, 0) is 58.1 Å². The molecule has 1 heterocycles. The number of carbonyl (C=O) groups is 3. The summed E-state index contributed by atoms with van der Waals surface area (Å²) in [5, 5.41) is 9.77. The van der Waals surface area contributed by atoms with Crippen LogP contribution in [0.15, 0.2) is 94.1 Å². The van der Waals surface area contributed by atoms with Crippen molar-refractivity contribution in [3.63, 3.8) is 0 Å². The first-order chi connectivity index (χ1) is 18.8. The second-order valence-electron chi connectivity index (χ2n) is 8.39. The molecular formula is C28H24Br2N4O5. The molecule has 4 rings (SSSR count). The molecule has 3 amide bonds. The van der Waals surface area contributed by atoms with Crippen LogP contribution >= 0.6 is 31.9 Å². The van der Waals surface area contributed by atoms with Gasteiger partial charge in [0.2, 0.25) is 0 Å².